The van der Waals surface area contributed by atoms with Crippen LogP contribution in [-0.2, 0) is 20.9 Å². The maximum Gasteiger partial charge on any atom is 0.407 e. The first kappa shape index (κ1) is 17.2. The van der Waals surface area contributed by atoms with Crippen molar-refractivity contribution in [2.75, 3.05) is 6.54 Å². The van der Waals surface area contributed by atoms with Crippen molar-refractivity contribution in [3.05, 3.63) is 35.9 Å². The van der Waals surface area contributed by atoms with E-state index >= 15 is 0 Å². The van der Waals surface area contributed by atoms with E-state index in [4.69, 9.17) is 9.47 Å². The van der Waals surface area contributed by atoms with Gasteiger partial charge >= 0.3 is 6.09 Å². The molecule has 1 N–H and O–H groups in total. The zero-order valence-electron chi connectivity index (χ0n) is 12.8. The number of rotatable bonds is 7. The van der Waals surface area contributed by atoms with Crippen LogP contribution in [0.4, 0.5) is 4.79 Å². The van der Waals surface area contributed by atoms with Crippen molar-refractivity contribution in [1.29, 1.82) is 0 Å². The van der Waals surface area contributed by atoms with Crippen molar-refractivity contribution in [1.82, 2.24) is 5.32 Å². The highest BCUT2D eigenvalue weighted by Gasteiger charge is 2.16. The smallest absolute Gasteiger partial charge is 0.407 e. The van der Waals surface area contributed by atoms with E-state index in [1.807, 2.05) is 30.3 Å². The lowest BCUT2D eigenvalue weighted by atomic mass is 10.2. The Kier molecular flexibility index (Phi) is 6.88. The Labute approximate surface area is 125 Å². The van der Waals surface area contributed by atoms with Crippen molar-refractivity contribution in [2.24, 2.45) is 0 Å². The summed E-state index contributed by atoms with van der Waals surface area (Å²) >= 11 is 0. The molecule has 1 amide bonds. The molecule has 0 aliphatic heterocycles. The summed E-state index contributed by atoms with van der Waals surface area (Å²) in [6.07, 6.45) is 0.130. The molecule has 1 aromatic carbocycles. The highest BCUT2D eigenvalue weighted by Crippen LogP contribution is 2.07. The van der Waals surface area contributed by atoms with Gasteiger partial charge in [-0.1, -0.05) is 30.3 Å². The summed E-state index contributed by atoms with van der Waals surface area (Å²) in [7, 11) is 0. The molecule has 0 fully saturated rings. The number of amides is 1. The average Bonchev–Trinajstić information content (AvgIpc) is 2.41. The molecule has 116 valence electrons. The van der Waals surface area contributed by atoms with Crippen molar-refractivity contribution in [2.45, 2.75) is 45.5 Å². The van der Waals surface area contributed by atoms with Gasteiger partial charge in [0, 0.05) is 6.54 Å². The minimum Gasteiger partial charge on any atom is -0.444 e. The molecule has 5 heteroatoms. The molecule has 1 aromatic rings. The van der Waals surface area contributed by atoms with Crippen LogP contribution in [0.5, 0.6) is 0 Å². The number of ether oxygens (including phenoxy) is 2. The maximum atomic E-state index is 11.4. The summed E-state index contributed by atoms with van der Waals surface area (Å²) in [5.41, 5.74) is 0.474. The van der Waals surface area contributed by atoms with Gasteiger partial charge in [0.15, 0.2) is 0 Å². The third kappa shape index (κ3) is 8.09. The van der Waals surface area contributed by atoms with E-state index < -0.39 is 17.8 Å². The van der Waals surface area contributed by atoms with E-state index in [1.54, 1.807) is 20.8 Å². The fourth-order valence-electron chi connectivity index (χ4n) is 1.60. The van der Waals surface area contributed by atoms with Gasteiger partial charge in [-0.05, 0) is 32.8 Å². The third-order valence-electron chi connectivity index (χ3n) is 2.56. The minimum absolute atomic E-state index is 0.326. The van der Waals surface area contributed by atoms with Crippen LogP contribution in [0.15, 0.2) is 30.3 Å². The lowest BCUT2D eigenvalue weighted by molar-refractivity contribution is -0.119. The van der Waals surface area contributed by atoms with Crippen LogP contribution in [0.2, 0.25) is 0 Å². The lowest BCUT2D eigenvalue weighted by Gasteiger charge is -2.20. The van der Waals surface area contributed by atoms with Gasteiger partial charge < -0.3 is 19.6 Å². The Morgan fingerprint density at radius 2 is 1.95 bits per heavy atom. The van der Waals surface area contributed by atoms with Crippen LogP contribution in [0.3, 0.4) is 0 Å². The van der Waals surface area contributed by atoms with E-state index in [-0.39, 0.29) is 0 Å². The molecule has 0 saturated heterocycles. The second-order valence-electron chi connectivity index (χ2n) is 5.69. The van der Waals surface area contributed by atoms with Gasteiger partial charge in [-0.3, -0.25) is 0 Å². The fraction of sp³-hybridized carbons (Fsp3) is 0.500. The first-order valence-electron chi connectivity index (χ1n) is 6.98. The highest BCUT2D eigenvalue weighted by molar-refractivity contribution is 5.67. The minimum atomic E-state index is -0.542. The predicted molar refractivity (Wildman–Crippen MR) is 79.9 cm³/mol. The summed E-state index contributed by atoms with van der Waals surface area (Å²) < 4.78 is 10.6. The van der Waals surface area contributed by atoms with Gasteiger partial charge in [-0.2, -0.15) is 0 Å². The van der Waals surface area contributed by atoms with Gasteiger partial charge in [0.1, 0.15) is 18.0 Å². The molecule has 0 saturated carbocycles. The topological polar surface area (TPSA) is 64.6 Å². The van der Waals surface area contributed by atoms with Crippen LogP contribution < -0.4 is 5.32 Å². The second kappa shape index (κ2) is 8.42. The van der Waals surface area contributed by atoms with Crippen LogP contribution in [0.1, 0.15) is 32.8 Å². The highest BCUT2D eigenvalue weighted by atomic mass is 16.6. The Balaban J connectivity index is 2.25. The molecular weight excluding hydrogens is 270 g/mol. The maximum absolute atomic E-state index is 11.4. The van der Waals surface area contributed by atoms with E-state index in [9.17, 15) is 9.59 Å². The fourth-order valence-corrected chi connectivity index (χ4v) is 1.60. The predicted octanol–water partition coefficient (Wildman–Crippen LogP) is 2.69. The van der Waals surface area contributed by atoms with E-state index in [0.717, 1.165) is 11.8 Å². The Bertz CT molecular complexity index is 439. The third-order valence-corrected chi connectivity index (χ3v) is 2.56. The van der Waals surface area contributed by atoms with Crippen molar-refractivity contribution in [3.8, 4) is 0 Å². The molecule has 0 aromatic heterocycles. The molecule has 0 bridgehead atoms. The van der Waals surface area contributed by atoms with E-state index in [1.165, 1.54) is 0 Å². The summed E-state index contributed by atoms with van der Waals surface area (Å²) in [6, 6.07) is 9.62. The summed E-state index contributed by atoms with van der Waals surface area (Å²) in [5.74, 6) is 0. The number of alkyl carbamates (subject to hydrolysis) is 1. The van der Waals surface area contributed by atoms with Crippen molar-refractivity contribution in [3.63, 3.8) is 0 Å². The first-order valence-corrected chi connectivity index (χ1v) is 6.98. The van der Waals surface area contributed by atoms with Crippen LogP contribution in [0, 0.1) is 0 Å². The molecule has 1 atom stereocenters. The van der Waals surface area contributed by atoms with E-state index in [2.05, 4.69) is 5.32 Å². The molecule has 1 rings (SSSR count). The largest absolute Gasteiger partial charge is 0.444 e. The summed E-state index contributed by atoms with van der Waals surface area (Å²) in [6.45, 7) is 6.08. The molecule has 0 aliphatic rings. The SMILES string of the molecule is CC(C)(C)OC(=O)NCC[C@@H](C=O)OCc1ccccc1. The van der Waals surface area contributed by atoms with Crippen LogP contribution in [-0.4, -0.2) is 30.6 Å². The first-order chi connectivity index (χ1) is 9.90. The Morgan fingerprint density at radius 1 is 1.29 bits per heavy atom. The molecule has 0 heterocycles. The Hall–Kier alpha value is -1.88. The van der Waals surface area contributed by atoms with Crippen LogP contribution in [0.25, 0.3) is 0 Å². The van der Waals surface area contributed by atoms with Gasteiger partial charge in [0.05, 0.1) is 6.61 Å². The Morgan fingerprint density at radius 3 is 2.52 bits per heavy atom. The normalized spacial score (nSPS) is 12.5. The number of aldehydes is 1. The number of carbonyl (C=O) groups is 2. The molecular formula is C16H23NO4. The van der Waals surface area contributed by atoms with Gasteiger partial charge in [-0.25, -0.2) is 4.79 Å². The number of hydrogen-bond acceptors (Lipinski definition) is 4. The van der Waals surface area contributed by atoms with Crippen LogP contribution >= 0.6 is 0 Å². The van der Waals surface area contributed by atoms with Crippen molar-refractivity contribution >= 4 is 12.4 Å². The van der Waals surface area contributed by atoms with E-state index in [0.29, 0.717) is 19.6 Å². The van der Waals surface area contributed by atoms with Crippen molar-refractivity contribution < 1.29 is 19.1 Å². The van der Waals surface area contributed by atoms with Gasteiger partial charge in [0.2, 0.25) is 0 Å². The average molecular weight is 293 g/mol. The standard InChI is InChI=1S/C16H23NO4/c1-16(2,3)21-15(19)17-10-9-14(11-18)20-12-13-7-5-4-6-8-13/h4-8,11,14H,9-10,12H2,1-3H3,(H,17,19)/t14-/m0/s1. The molecule has 0 radical (unpaired) electrons. The molecule has 21 heavy (non-hydrogen) atoms. The van der Waals surface area contributed by atoms with Gasteiger partial charge in [-0.15, -0.1) is 0 Å². The summed E-state index contributed by atoms with van der Waals surface area (Å²) in [5, 5.41) is 2.60. The number of carbonyl (C=O) groups excluding carboxylic acids is 2. The number of nitrogens with one attached hydrogen (secondary N) is 1. The summed E-state index contributed by atoms with van der Waals surface area (Å²) in [4.78, 5) is 22.4. The van der Waals surface area contributed by atoms with Gasteiger partial charge in [0.25, 0.3) is 0 Å². The molecule has 0 unspecified atom stereocenters. The zero-order valence-corrected chi connectivity index (χ0v) is 12.8. The monoisotopic (exact) mass is 293 g/mol. The molecule has 5 nitrogen and oxygen atoms in total. The zero-order chi connectivity index (χ0) is 15.7. The number of benzene rings is 1. The second-order valence-corrected chi connectivity index (χ2v) is 5.69. The lowest BCUT2D eigenvalue weighted by Crippen LogP contribution is -2.34. The quantitative estimate of drug-likeness (QED) is 0.785. The molecule has 0 spiro atoms. The number of hydrogen-bond donors (Lipinski definition) is 1. The molecule has 0 aliphatic carbocycles.